The number of aromatic nitrogens is 2. The van der Waals surface area contributed by atoms with Crippen LogP contribution in [0.25, 0.3) is 10.9 Å². The molecule has 1 aliphatic rings. The maximum Gasteiger partial charge on any atom is 0.161 e. The van der Waals surface area contributed by atoms with Gasteiger partial charge >= 0.3 is 0 Å². The lowest BCUT2D eigenvalue weighted by Gasteiger charge is -2.31. The Kier molecular flexibility index (Phi) is 6.90. The van der Waals surface area contributed by atoms with E-state index in [-0.39, 0.29) is 0 Å². The first-order valence-electron chi connectivity index (χ1n) is 11.2. The van der Waals surface area contributed by atoms with E-state index in [1.807, 2.05) is 6.07 Å². The number of hydrogen-bond donors (Lipinski definition) is 1. The normalized spacial score (nSPS) is 15.5. The van der Waals surface area contributed by atoms with Gasteiger partial charge in [0.25, 0.3) is 0 Å². The van der Waals surface area contributed by atoms with Crippen LogP contribution in [0.15, 0.2) is 42.5 Å². The number of aromatic amines is 1. The molecular weight excluding hydrogens is 374 g/mol. The van der Waals surface area contributed by atoms with E-state index in [9.17, 15) is 0 Å². The SMILES string of the molecule is CCc1ccc(OCCCCN2CCC(c3[nH]nc4ccccc34)CC2)c(OC)c1. The number of fused-ring (bicyclic) bond motifs is 1. The zero-order chi connectivity index (χ0) is 20.8. The summed E-state index contributed by atoms with van der Waals surface area (Å²) >= 11 is 0. The Morgan fingerprint density at radius 3 is 2.70 bits per heavy atom. The molecule has 0 spiro atoms. The van der Waals surface area contributed by atoms with Crippen molar-refractivity contribution in [2.45, 2.75) is 44.9 Å². The van der Waals surface area contributed by atoms with E-state index in [1.54, 1.807) is 7.11 Å². The number of rotatable bonds is 9. The number of ether oxygens (including phenoxy) is 2. The van der Waals surface area contributed by atoms with Gasteiger partial charge in [-0.2, -0.15) is 5.10 Å². The molecule has 1 aromatic heterocycles. The molecule has 4 rings (SSSR count). The number of hydrogen-bond acceptors (Lipinski definition) is 4. The minimum Gasteiger partial charge on any atom is -0.493 e. The van der Waals surface area contributed by atoms with Gasteiger partial charge in [0.1, 0.15) is 0 Å². The van der Waals surface area contributed by atoms with Crippen LogP contribution in [0.3, 0.4) is 0 Å². The second-order valence-electron chi connectivity index (χ2n) is 8.16. The average Bonchev–Trinajstić information content (AvgIpc) is 3.23. The first-order chi connectivity index (χ1) is 14.8. The Balaban J connectivity index is 1.18. The van der Waals surface area contributed by atoms with Gasteiger partial charge in [-0.15, -0.1) is 0 Å². The van der Waals surface area contributed by atoms with Crippen molar-refractivity contribution in [2.24, 2.45) is 0 Å². The fourth-order valence-electron chi connectivity index (χ4n) is 4.41. The highest BCUT2D eigenvalue weighted by Crippen LogP contribution is 2.31. The summed E-state index contributed by atoms with van der Waals surface area (Å²) in [5.74, 6) is 2.28. The maximum atomic E-state index is 5.97. The molecule has 3 aromatic rings. The highest BCUT2D eigenvalue weighted by Gasteiger charge is 2.23. The molecule has 1 N–H and O–H groups in total. The number of para-hydroxylation sites is 1. The number of nitrogens with one attached hydrogen (secondary N) is 1. The summed E-state index contributed by atoms with van der Waals surface area (Å²) in [5.41, 5.74) is 3.67. The first-order valence-corrected chi connectivity index (χ1v) is 11.2. The summed E-state index contributed by atoms with van der Waals surface area (Å²) in [6.07, 6.45) is 5.62. The standard InChI is InChI=1S/C25H33N3O2/c1-3-19-10-11-23(24(18-19)29-2)30-17-7-6-14-28-15-12-20(13-16-28)25-21-8-4-5-9-22(21)26-27-25/h4-5,8-11,18,20H,3,6-7,12-17H2,1-2H3,(H,26,27). The van der Waals surface area contributed by atoms with Gasteiger partial charge in [0.15, 0.2) is 11.5 Å². The summed E-state index contributed by atoms with van der Waals surface area (Å²) < 4.78 is 11.4. The van der Waals surface area contributed by atoms with Crippen LogP contribution >= 0.6 is 0 Å². The van der Waals surface area contributed by atoms with Crippen LogP contribution in [-0.4, -0.2) is 48.4 Å². The van der Waals surface area contributed by atoms with Gasteiger partial charge in [-0.3, -0.25) is 5.10 Å². The van der Waals surface area contributed by atoms with Crippen molar-refractivity contribution in [3.63, 3.8) is 0 Å². The van der Waals surface area contributed by atoms with Crippen molar-refractivity contribution in [3.05, 3.63) is 53.7 Å². The van der Waals surface area contributed by atoms with Gasteiger partial charge < -0.3 is 14.4 Å². The highest BCUT2D eigenvalue weighted by molar-refractivity contribution is 5.81. The van der Waals surface area contributed by atoms with Crippen molar-refractivity contribution in [1.82, 2.24) is 15.1 Å². The topological polar surface area (TPSA) is 50.4 Å². The Morgan fingerprint density at radius 2 is 1.90 bits per heavy atom. The Labute approximate surface area is 179 Å². The third-order valence-electron chi connectivity index (χ3n) is 6.25. The van der Waals surface area contributed by atoms with Crippen molar-refractivity contribution in [2.75, 3.05) is 33.4 Å². The molecular formula is C25H33N3O2. The molecule has 0 radical (unpaired) electrons. The number of piperidine rings is 1. The summed E-state index contributed by atoms with van der Waals surface area (Å²) in [6.45, 7) is 6.34. The van der Waals surface area contributed by atoms with Crippen LogP contribution in [0.4, 0.5) is 0 Å². The second-order valence-corrected chi connectivity index (χ2v) is 8.16. The van der Waals surface area contributed by atoms with Crippen LogP contribution in [0.2, 0.25) is 0 Å². The number of unbranched alkanes of at least 4 members (excludes halogenated alkanes) is 1. The highest BCUT2D eigenvalue weighted by atomic mass is 16.5. The fourth-order valence-corrected chi connectivity index (χ4v) is 4.41. The molecule has 160 valence electrons. The third-order valence-corrected chi connectivity index (χ3v) is 6.25. The van der Waals surface area contributed by atoms with E-state index in [0.717, 1.165) is 62.5 Å². The van der Waals surface area contributed by atoms with Crippen LogP contribution in [-0.2, 0) is 6.42 Å². The van der Waals surface area contributed by atoms with E-state index < -0.39 is 0 Å². The molecule has 5 heteroatoms. The number of H-pyrrole nitrogens is 1. The molecule has 0 bridgehead atoms. The van der Waals surface area contributed by atoms with Gasteiger partial charge in [-0.05, 0) is 75.5 Å². The molecule has 30 heavy (non-hydrogen) atoms. The van der Waals surface area contributed by atoms with Crippen LogP contribution < -0.4 is 9.47 Å². The van der Waals surface area contributed by atoms with Crippen LogP contribution in [0, 0.1) is 0 Å². The van der Waals surface area contributed by atoms with E-state index in [2.05, 4.69) is 58.4 Å². The van der Waals surface area contributed by atoms with Crippen molar-refractivity contribution >= 4 is 10.9 Å². The lowest BCUT2D eigenvalue weighted by Crippen LogP contribution is -2.34. The number of benzene rings is 2. The number of likely N-dealkylation sites (tertiary alicyclic amines) is 1. The number of aryl methyl sites for hydroxylation is 1. The molecule has 2 heterocycles. The third kappa shape index (κ3) is 4.78. The van der Waals surface area contributed by atoms with Gasteiger partial charge in [-0.1, -0.05) is 31.2 Å². The van der Waals surface area contributed by atoms with Crippen molar-refractivity contribution in [1.29, 1.82) is 0 Å². The lowest BCUT2D eigenvalue weighted by molar-refractivity contribution is 0.200. The molecule has 1 fully saturated rings. The Hall–Kier alpha value is -2.53. The Bertz CT molecular complexity index is 944. The summed E-state index contributed by atoms with van der Waals surface area (Å²) in [4.78, 5) is 2.59. The molecule has 1 aliphatic heterocycles. The molecule has 0 atom stereocenters. The first kappa shape index (κ1) is 20.7. The Morgan fingerprint density at radius 1 is 1.07 bits per heavy atom. The minimum atomic E-state index is 0.593. The zero-order valence-electron chi connectivity index (χ0n) is 18.2. The number of methoxy groups -OCH3 is 1. The minimum absolute atomic E-state index is 0.593. The predicted octanol–water partition coefficient (Wildman–Crippen LogP) is 5.17. The smallest absolute Gasteiger partial charge is 0.161 e. The maximum absolute atomic E-state index is 5.97. The molecule has 2 aromatic carbocycles. The predicted molar refractivity (Wildman–Crippen MR) is 122 cm³/mol. The van der Waals surface area contributed by atoms with E-state index in [4.69, 9.17) is 9.47 Å². The molecule has 1 saturated heterocycles. The van der Waals surface area contributed by atoms with Crippen LogP contribution in [0.1, 0.15) is 49.8 Å². The molecule has 0 saturated carbocycles. The summed E-state index contributed by atoms with van der Waals surface area (Å²) in [5, 5.41) is 9.05. The summed E-state index contributed by atoms with van der Waals surface area (Å²) in [7, 11) is 1.71. The molecule has 0 aliphatic carbocycles. The van der Waals surface area contributed by atoms with E-state index in [0.29, 0.717) is 5.92 Å². The van der Waals surface area contributed by atoms with Gasteiger partial charge in [0, 0.05) is 17.0 Å². The van der Waals surface area contributed by atoms with Crippen molar-refractivity contribution < 1.29 is 9.47 Å². The second kappa shape index (κ2) is 9.98. The van der Waals surface area contributed by atoms with Gasteiger partial charge in [0.2, 0.25) is 0 Å². The van der Waals surface area contributed by atoms with Gasteiger partial charge in [0.05, 0.1) is 19.2 Å². The van der Waals surface area contributed by atoms with E-state index >= 15 is 0 Å². The quantitative estimate of drug-likeness (QED) is 0.497. The van der Waals surface area contributed by atoms with Crippen molar-refractivity contribution in [3.8, 4) is 11.5 Å². The van der Waals surface area contributed by atoms with Crippen LogP contribution in [0.5, 0.6) is 11.5 Å². The molecule has 0 unspecified atom stereocenters. The zero-order valence-corrected chi connectivity index (χ0v) is 18.2. The molecule has 5 nitrogen and oxygen atoms in total. The van der Waals surface area contributed by atoms with E-state index in [1.165, 1.54) is 29.5 Å². The van der Waals surface area contributed by atoms with Gasteiger partial charge in [-0.25, -0.2) is 0 Å². The molecule has 0 amide bonds. The average molecular weight is 408 g/mol. The lowest BCUT2D eigenvalue weighted by atomic mass is 9.91. The monoisotopic (exact) mass is 407 g/mol. The summed E-state index contributed by atoms with van der Waals surface area (Å²) in [6, 6.07) is 14.6. The number of nitrogens with zero attached hydrogens (tertiary/aromatic N) is 2. The largest absolute Gasteiger partial charge is 0.493 e. The fraction of sp³-hybridized carbons (Fsp3) is 0.480.